The zero-order valence-electron chi connectivity index (χ0n) is 11.5. The molecular formula is C18H11FN2O. The van der Waals surface area contributed by atoms with Crippen molar-refractivity contribution >= 4 is 0 Å². The molecule has 2 aromatic carbocycles. The number of pyridine rings is 1. The van der Waals surface area contributed by atoms with Crippen LogP contribution in [0.25, 0.3) is 11.1 Å². The number of rotatable bonds is 3. The van der Waals surface area contributed by atoms with Crippen molar-refractivity contribution < 1.29 is 9.13 Å². The molecule has 22 heavy (non-hydrogen) atoms. The van der Waals surface area contributed by atoms with Gasteiger partial charge in [-0.05, 0) is 47.5 Å². The molecule has 0 bridgehead atoms. The standard InChI is InChI=1S/C18H11FN2O/c19-16-8-15(14-5-3-13(11-20)4-6-14)9-18(10-16)22-17-2-1-7-21-12-17/h1-10,12H. The minimum Gasteiger partial charge on any atom is -0.456 e. The molecule has 106 valence electrons. The van der Waals surface area contributed by atoms with Crippen LogP contribution in [0, 0.1) is 17.1 Å². The summed E-state index contributed by atoms with van der Waals surface area (Å²) in [6.45, 7) is 0. The van der Waals surface area contributed by atoms with Crippen molar-refractivity contribution in [1.29, 1.82) is 5.26 Å². The zero-order chi connectivity index (χ0) is 15.4. The van der Waals surface area contributed by atoms with Crippen LogP contribution in [0.4, 0.5) is 4.39 Å². The molecule has 0 unspecified atom stereocenters. The number of aromatic nitrogens is 1. The SMILES string of the molecule is N#Cc1ccc(-c2cc(F)cc(Oc3cccnc3)c2)cc1. The molecule has 3 aromatic rings. The van der Waals surface area contributed by atoms with E-state index < -0.39 is 0 Å². The minimum absolute atomic E-state index is 0.388. The molecule has 4 heteroatoms. The van der Waals surface area contributed by atoms with Crippen molar-refractivity contribution in [2.24, 2.45) is 0 Å². The van der Waals surface area contributed by atoms with E-state index in [1.54, 1.807) is 54.9 Å². The minimum atomic E-state index is -0.388. The van der Waals surface area contributed by atoms with Gasteiger partial charge in [0.05, 0.1) is 17.8 Å². The monoisotopic (exact) mass is 290 g/mol. The fourth-order valence-electron chi connectivity index (χ4n) is 2.07. The number of nitriles is 1. The fourth-order valence-corrected chi connectivity index (χ4v) is 2.07. The van der Waals surface area contributed by atoms with Gasteiger partial charge in [-0.1, -0.05) is 12.1 Å². The Morgan fingerprint density at radius 2 is 1.77 bits per heavy atom. The fraction of sp³-hybridized carbons (Fsp3) is 0. The molecule has 0 fully saturated rings. The highest BCUT2D eigenvalue weighted by Crippen LogP contribution is 2.28. The second-order valence-corrected chi connectivity index (χ2v) is 4.66. The van der Waals surface area contributed by atoms with Gasteiger partial charge in [-0.15, -0.1) is 0 Å². The van der Waals surface area contributed by atoms with Crippen LogP contribution in [0.5, 0.6) is 11.5 Å². The van der Waals surface area contributed by atoms with E-state index in [1.165, 1.54) is 12.1 Å². The Bertz CT molecular complexity index is 824. The summed E-state index contributed by atoms with van der Waals surface area (Å²) in [5.74, 6) is 0.548. The van der Waals surface area contributed by atoms with Crippen LogP contribution in [0.3, 0.4) is 0 Å². The second kappa shape index (κ2) is 6.06. The van der Waals surface area contributed by atoms with Crippen LogP contribution >= 0.6 is 0 Å². The number of ether oxygens (including phenoxy) is 1. The molecule has 0 aliphatic carbocycles. The van der Waals surface area contributed by atoms with Gasteiger partial charge in [-0.3, -0.25) is 4.98 Å². The topological polar surface area (TPSA) is 45.9 Å². The lowest BCUT2D eigenvalue weighted by Gasteiger charge is -2.08. The van der Waals surface area contributed by atoms with E-state index in [0.29, 0.717) is 22.6 Å². The molecule has 0 N–H and O–H groups in total. The quantitative estimate of drug-likeness (QED) is 0.710. The predicted molar refractivity (Wildman–Crippen MR) is 80.9 cm³/mol. The largest absolute Gasteiger partial charge is 0.456 e. The normalized spacial score (nSPS) is 10.0. The van der Waals surface area contributed by atoms with Gasteiger partial charge in [-0.25, -0.2) is 4.39 Å². The van der Waals surface area contributed by atoms with Crippen LogP contribution in [0.15, 0.2) is 67.0 Å². The van der Waals surface area contributed by atoms with E-state index in [1.807, 2.05) is 0 Å². The molecule has 0 spiro atoms. The summed E-state index contributed by atoms with van der Waals surface area (Å²) in [7, 11) is 0. The van der Waals surface area contributed by atoms with Crippen LogP contribution in [-0.2, 0) is 0 Å². The first kappa shape index (κ1) is 13.8. The van der Waals surface area contributed by atoms with Gasteiger partial charge < -0.3 is 4.74 Å². The van der Waals surface area contributed by atoms with Crippen molar-refractivity contribution in [2.45, 2.75) is 0 Å². The van der Waals surface area contributed by atoms with Crippen molar-refractivity contribution in [3.63, 3.8) is 0 Å². The van der Waals surface area contributed by atoms with Crippen LogP contribution in [-0.4, -0.2) is 4.98 Å². The third-order valence-corrected chi connectivity index (χ3v) is 3.09. The average molecular weight is 290 g/mol. The molecule has 1 heterocycles. The van der Waals surface area contributed by atoms with Gasteiger partial charge in [0.2, 0.25) is 0 Å². The van der Waals surface area contributed by atoms with Crippen LogP contribution in [0.1, 0.15) is 5.56 Å². The third kappa shape index (κ3) is 3.10. The second-order valence-electron chi connectivity index (χ2n) is 4.66. The first-order valence-electron chi connectivity index (χ1n) is 6.63. The van der Waals surface area contributed by atoms with E-state index in [2.05, 4.69) is 11.1 Å². The third-order valence-electron chi connectivity index (χ3n) is 3.09. The van der Waals surface area contributed by atoms with Gasteiger partial charge in [-0.2, -0.15) is 5.26 Å². The molecule has 0 saturated heterocycles. The summed E-state index contributed by atoms with van der Waals surface area (Å²) < 4.78 is 19.4. The van der Waals surface area contributed by atoms with Crippen molar-refractivity contribution in [1.82, 2.24) is 4.98 Å². The maximum absolute atomic E-state index is 13.8. The van der Waals surface area contributed by atoms with E-state index >= 15 is 0 Å². The molecule has 0 atom stereocenters. The first-order valence-corrected chi connectivity index (χ1v) is 6.63. The van der Waals surface area contributed by atoms with Gasteiger partial charge in [0.25, 0.3) is 0 Å². The molecule has 0 aliphatic rings. The Morgan fingerprint density at radius 3 is 2.45 bits per heavy atom. The zero-order valence-corrected chi connectivity index (χ0v) is 11.5. The Hall–Kier alpha value is -3.19. The van der Waals surface area contributed by atoms with E-state index in [9.17, 15) is 4.39 Å². The molecule has 3 rings (SSSR count). The van der Waals surface area contributed by atoms with Crippen LogP contribution < -0.4 is 4.74 Å². The Balaban J connectivity index is 1.94. The van der Waals surface area contributed by atoms with Crippen molar-refractivity contribution in [3.8, 4) is 28.7 Å². The van der Waals surface area contributed by atoms with Gasteiger partial charge in [0.1, 0.15) is 17.3 Å². The van der Waals surface area contributed by atoms with E-state index in [-0.39, 0.29) is 5.82 Å². The lowest BCUT2D eigenvalue weighted by Crippen LogP contribution is -1.88. The summed E-state index contributed by atoms with van der Waals surface area (Å²) in [6.07, 6.45) is 3.20. The smallest absolute Gasteiger partial charge is 0.145 e. The Labute approximate surface area is 127 Å². The number of nitrogens with zero attached hydrogens (tertiary/aromatic N) is 2. The highest BCUT2D eigenvalue weighted by molar-refractivity contribution is 5.66. The average Bonchev–Trinajstić information content (AvgIpc) is 2.55. The number of halogens is 1. The van der Waals surface area contributed by atoms with Gasteiger partial charge in [0.15, 0.2) is 0 Å². The number of hydrogen-bond acceptors (Lipinski definition) is 3. The first-order chi connectivity index (χ1) is 10.7. The van der Waals surface area contributed by atoms with E-state index in [0.717, 1.165) is 5.56 Å². The number of hydrogen-bond donors (Lipinski definition) is 0. The van der Waals surface area contributed by atoms with E-state index in [4.69, 9.17) is 10.00 Å². The molecule has 1 aromatic heterocycles. The molecule has 0 saturated carbocycles. The van der Waals surface area contributed by atoms with Crippen molar-refractivity contribution in [2.75, 3.05) is 0 Å². The Kier molecular flexibility index (Phi) is 3.80. The van der Waals surface area contributed by atoms with Gasteiger partial charge in [0, 0.05) is 12.3 Å². The summed E-state index contributed by atoms with van der Waals surface area (Å²) in [5.41, 5.74) is 2.06. The lowest BCUT2D eigenvalue weighted by molar-refractivity contribution is 0.475. The summed E-state index contributed by atoms with van der Waals surface area (Å²) in [5, 5.41) is 8.82. The maximum atomic E-state index is 13.8. The molecule has 0 radical (unpaired) electrons. The summed E-state index contributed by atoms with van der Waals surface area (Å²) >= 11 is 0. The lowest BCUT2D eigenvalue weighted by atomic mass is 10.0. The molecule has 3 nitrogen and oxygen atoms in total. The predicted octanol–water partition coefficient (Wildman–Crippen LogP) is 4.55. The number of benzene rings is 2. The molecule has 0 aliphatic heterocycles. The summed E-state index contributed by atoms with van der Waals surface area (Å²) in [4.78, 5) is 3.95. The van der Waals surface area contributed by atoms with Gasteiger partial charge >= 0.3 is 0 Å². The maximum Gasteiger partial charge on any atom is 0.145 e. The summed E-state index contributed by atoms with van der Waals surface area (Å²) in [6, 6.07) is 17.0. The highest BCUT2D eigenvalue weighted by atomic mass is 19.1. The van der Waals surface area contributed by atoms with Crippen LogP contribution in [0.2, 0.25) is 0 Å². The molecular weight excluding hydrogens is 279 g/mol. The highest BCUT2D eigenvalue weighted by Gasteiger charge is 2.06. The van der Waals surface area contributed by atoms with Crippen molar-refractivity contribution in [3.05, 3.63) is 78.4 Å². The molecule has 0 amide bonds. The Morgan fingerprint density at radius 1 is 0.955 bits per heavy atom.